The van der Waals surface area contributed by atoms with Gasteiger partial charge in [-0.25, -0.2) is 4.79 Å². The first kappa shape index (κ1) is 13.7. The van der Waals surface area contributed by atoms with Gasteiger partial charge in [0.25, 0.3) is 5.91 Å². The SMILES string of the molecule is CNC(=O)COC(=O)/C=C\c1cccc2cccnc12. The van der Waals surface area contributed by atoms with Gasteiger partial charge in [0, 0.05) is 30.3 Å². The highest BCUT2D eigenvalue weighted by Crippen LogP contribution is 2.16. The number of carbonyl (C=O) groups excluding carboxylic acids is 2. The molecule has 0 saturated carbocycles. The van der Waals surface area contributed by atoms with Crippen LogP contribution in [0.25, 0.3) is 17.0 Å². The van der Waals surface area contributed by atoms with E-state index in [9.17, 15) is 9.59 Å². The molecule has 2 rings (SSSR count). The summed E-state index contributed by atoms with van der Waals surface area (Å²) in [6.07, 6.45) is 4.61. The third-order valence-electron chi connectivity index (χ3n) is 2.69. The summed E-state index contributed by atoms with van der Waals surface area (Å²) < 4.78 is 4.77. The Bertz CT molecular complexity index is 660. The maximum atomic E-state index is 11.5. The van der Waals surface area contributed by atoms with E-state index in [2.05, 4.69) is 10.3 Å². The largest absolute Gasteiger partial charge is 0.452 e. The number of hydrogen-bond acceptors (Lipinski definition) is 4. The van der Waals surface area contributed by atoms with Gasteiger partial charge in [-0.3, -0.25) is 9.78 Å². The molecular formula is C15H14N2O3. The molecule has 0 bridgehead atoms. The average molecular weight is 270 g/mol. The number of nitrogens with zero attached hydrogens (tertiary/aromatic N) is 1. The highest BCUT2D eigenvalue weighted by Gasteiger charge is 2.03. The number of ether oxygens (including phenoxy) is 1. The number of pyridine rings is 1. The van der Waals surface area contributed by atoms with Crippen LogP contribution in [0.2, 0.25) is 0 Å². The Hall–Kier alpha value is -2.69. The highest BCUT2D eigenvalue weighted by molar-refractivity contribution is 5.93. The Kier molecular flexibility index (Phi) is 4.44. The second-order valence-electron chi connectivity index (χ2n) is 4.04. The van der Waals surface area contributed by atoms with E-state index in [1.807, 2.05) is 30.3 Å². The van der Waals surface area contributed by atoms with Crippen molar-refractivity contribution < 1.29 is 14.3 Å². The molecule has 0 radical (unpaired) electrons. The van der Waals surface area contributed by atoms with Crippen molar-refractivity contribution in [1.82, 2.24) is 10.3 Å². The van der Waals surface area contributed by atoms with Crippen molar-refractivity contribution in [3.8, 4) is 0 Å². The fraction of sp³-hybridized carbons (Fsp3) is 0.133. The molecule has 0 aliphatic heterocycles. The van der Waals surface area contributed by atoms with E-state index in [1.54, 1.807) is 12.3 Å². The van der Waals surface area contributed by atoms with Gasteiger partial charge in [-0.1, -0.05) is 24.3 Å². The molecule has 0 spiro atoms. The first-order valence-corrected chi connectivity index (χ1v) is 6.10. The van der Waals surface area contributed by atoms with Gasteiger partial charge in [0.15, 0.2) is 6.61 Å². The minimum Gasteiger partial charge on any atom is -0.452 e. The van der Waals surface area contributed by atoms with Gasteiger partial charge in [0.05, 0.1) is 5.52 Å². The predicted octanol–water partition coefficient (Wildman–Crippen LogP) is 1.54. The summed E-state index contributed by atoms with van der Waals surface area (Å²) in [7, 11) is 1.48. The molecule has 0 unspecified atom stereocenters. The fourth-order valence-electron chi connectivity index (χ4n) is 1.68. The molecule has 0 aliphatic carbocycles. The summed E-state index contributed by atoms with van der Waals surface area (Å²) in [5.74, 6) is -0.917. The van der Waals surface area contributed by atoms with Crippen LogP contribution in [0, 0.1) is 0 Å². The van der Waals surface area contributed by atoms with E-state index < -0.39 is 5.97 Å². The molecule has 1 aromatic carbocycles. The van der Waals surface area contributed by atoms with Crippen molar-refractivity contribution in [2.75, 3.05) is 13.7 Å². The molecule has 102 valence electrons. The fourth-order valence-corrected chi connectivity index (χ4v) is 1.68. The second-order valence-corrected chi connectivity index (χ2v) is 4.04. The zero-order chi connectivity index (χ0) is 14.4. The maximum absolute atomic E-state index is 11.5. The highest BCUT2D eigenvalue weighted by atomic mass is 16.5. The van der Waals surface area contributed by atoms with Gasteiger partial charge in [-0.05, 0) is 12.1 Å². The lowest BCUT2D eigenvalue weighted by molar-refractivity contribution is -0.143. The lowest BCUT2D eigenvalue weighted by Crippen LogP contribution is -2.24. The summed E-state index contributed by atoms with van der Waals surface area (Å²) in [6.45, 7) is -0.284. The molecule has 0 aliphatic rings. The first-order chi connectivity index (χ1) is 9.70. The Morgan fingerprint density at radius 3 is 2.90 bits per heavy atom. The van der Waals surface area contributed by atoms with E-state index >= 15 is 0 Å². The van der Waals surface area contributed by atoms with Gasteiger partial charge in [-0.2, -0.15) is 0 Å². The molecule has 1 aromatic heterocycles. The molecule has 5 heteroatoms. The van der Waals surface area contributed by atoms with Crippen molar-refractivity contribution in [3.05, 3.63) is 48.2 Å². The normalized spacial score (nSPS) is 10.7. The first-order valence-electron chi connectivity index (χ1n) is 6.10. The van der Waals surface area contributed by atoms with Crippen molar-refractivity contribution in [1.29, 1.82) is 0 Å². The summed E-state index contributed by atoms with van der Waals surface area (Å²) in [4.78, 5) is 26.7. The van der Waals surface area contributed by atoms with Crippen LogP contribution < -0.4 is 5.32 Å². The molecule has 1 N–H and O–H groups in total. The number of hydrogen-bond donors (Lipinski definition) is 1. The van der Waals surface area contributed by atoms with Crippen LogP contribution in [0.5, 0.6) is 0 Å². The van der Waals surface area contributed by atoms with Crippen molar-refractivity contribution in [2.24, 2.45) is 0 Å². The van der Waals surface area contributed by atoms with Gasteiger partial charge in [-0.15, -0.1) is 0 Å². The summed E-state index contributed by atoms with van der Waals surface area (Å²) in [5.41, 5.74) is 1.63. The van der Waals surface area contributed by atoms with E-state index in [0.717, 1.165) is 16.5 Å². The zero-order valence-electron chi connectivity index (χ0n) is 11.0. The van der Waals surface area contributed by atoms with Crippen LogP contribution in [0.1, 0.15) is 5.56 Å². The minimum atomic E-state index is -0.568. The van der Waals surface area contributed by atoms with Crippen LogP contribution in [0.15, 0.2) is 42.6 Å². The van der Waals surface area contributed by atoms with Gasteiger partial charge in [0.2, 0.25) is 0 Å². The Morgan fingerprint density at radius 1 is 1.30 bits per heavy atom. The molecule has 2 aromatic rings. The van der Waals surface area contributed by atoms with E-state index in [4.69, 9.17) is 4.74 Å². The summed E-state index contributed by atoms with van der Waals surface area (Å²) in [5, 5.41) is 3.36. The maximum Gasteiger partial charge on any atom is 0.331 e. The molecule has 20 heavy (non-hydrogen) atoms. The van der Waals surface area contributed by atoms with Crippen LogP contribution in [0.4, 0.5) is 0 Å². The van der Waals surface area contributed by atoms with Crippen LogP contribution in [-0.4, -0.2) is 30.5 Å². The Labute approximate surface area is 116 Å². The number of esters is 1. The molecule has 0 fully saturated rings. The Balaban J connectivity index is 2.10. The van der Waals surface area contributed by atoms with Crippen LogP contribution >= 0.6 is 0 Å². The zero-order valence-corrected chi connectivity index (χ0v) is 11.0. The topological polar surface area (TPSA) is 68.3 Å². The molecule has 1 amide bonds. The average Bonchev–Trinajstić information content (AvgIpc) is 2.50. The lowest BCUT2D eigenvalue weighted by atomic mass is 10.1. The number of likely N-dealkylation sites (N-methyl/N-ethyl adjacent to an activating group) is 1. The lowest BCUT2D eigenvalue weighted by Gasteiger charge is -2.01. The van der Waals surface area contributed by atoms with Gasteiger partial charge >= 0.3 is 5.97 Å². The summed E-state index contributed by atoms with van der Waals surface area (Å²) >= 11 is 0. The van der Waals surface area contributed by atoms with Crippen molar-refractivity contribution in [3.63, 3.8) is 0 Å². The molecule has 0 saturated heterocycles. The number of rotatable bonds is 4. The number of benzene rings is 1. The third kappa shape index (κ3) is 3.41. The number of carbonyl (C=O) groups is 2. The molecule has 1 heterocycles. The number of amides is 1. The van der Waals surface area contributed by atoms with E-state index in [-0.39, 0.29) is 12.5 Å². The van der Waals surface area contributed by atoms with Crippen molar-refractivity contribution >= 4 is 28.9 Å². The van der Waals surface area contributed by atoms with Crippen LogP contribution in [0.3, 0.4) is 0 Å². The van der Waals surface area contributed by atoms with Gasteiger partial charge < -0.3 is 10.1 Å². The van der Waals surface area contributed by atoms with Crippen molar-refractivity contribution in [2.45, 2.75) is 0 Å². The number of para-hydroxylation sites is 1. The predicted molar refractivity (Wildman–Crippen MR) is 75.8 cm³/mol. The molecule has 0 atom stereocenters. The van der Waals surface area contributed by atoms with E-state index in [0.29, 0.717) is 0 Å². The summed E-state index contributed by atoms with van der Waals surface area (Å²) in [6, 6.07) is 9.50. The quantitative estimate of drug-likeness (QED) is 0.676. The third-order valence-corrected chi connectivity index (χ3v) is 2.69. The standard InChI is InChI=1S/C15H14N2O3/c1-16-13(18)10-20-14(19)8-7-12-5-2-4-11-6-3-9-17-15(11)12/h2-9H,10H2,1H3,(H,16,18)/b8-7-. The van der Waals surface area contributed by atoms with Crippen LogP contribution in [-0.2, 0) is 14.3 Å². The number of fused-ring (bicyclic) bond motifs is 1. The molecular weight excluding hydrogens is 256 g/mol. The smallest absolute Gasteiger partial charge is 0.331 e. The van der Waals surface area contributed by atoms with E-state index in [1.165, 1.54) is 13.1 Å². The number of nitrogens with one attached hydrogen (secondary N) is 1. The Morgan fingerprint density at radius 2 is 2.10 bits per heavy atom. The second kappa shape index (κ2) is 6.47. The minimum absolute atomic E-state index is 0.284. The number of aromatic nitrogens is 1. The monoisotopic (exact) mass is 270 g/mol. The molecule has 5 nitrogen and oxygen atoms in total. The van der Waals surface area contributed by atoms with Gasteiger partial charge in [0.1, 0.15) is 0 Å².